The summed E-state index contributed by atoms with van der Waals surface area (Å²) in [5.74, 6) is -0.00689. The average molecular weight is 526 g/mol. The van der Waals surface area contributed by atoms with E-state index in [0.29, 0.717) is 6.67 Å². The monoisotopic (exact) mass is 525 g/mol. The Balaban J connectivity index is 1.17. The molecule has 2 atom stereocenters. The van der Waals surface area contributed by atoms with Crippen LogP contribution in [0.25, 0.3) is 10.8 Å². The van der Waals surface area contributed by atoms with Gasteiger partial charge >= 0.3 is 0 Å². The highest BCUT2D eigenvalue weighted by Crippen LogP contribution is 2.40. The molecule has 3 aromatic carbocycles. The van der Waals surface area contributed by atoms with Crippen LogP contribution in [-0.2, 0) is 16.1 Å². The van der Waals surface area contributed by atoms with E-state index in [1.807, 2.05) is 18.2 Å². The summed E-state index contributed by atoms with van der Waals surface area (Å²) in [5.41, 5.74) is 7.86. The molecule has 204 valence electrons. The van der Waals surface area contributed by atoms with E-state index in [4.69, 9.17) is 5.73 Å². The lowest BCUT2D eigenvalue weighted by Crippen LogP contribution is -2.56. The number of carbonyl (C=O) groups excluding carboxylic acids is 2. The number of nitrogens with one attached hydrogen (secondary N) is 1. The molecule has 2 saturated heterocycles. The molecule has 0 bridgehead atoms. The second-order valence-electron chi connectivity index (χ2n) is 11.5. The van der Waals surface area contributed by atoms with Crippen molar-refractivity contribution in [2.24, 2.45) is 5.73 Å². The molecule has 2 amide bonds. The van der Waals surface area contributed by atoms with Crippen molar-refractivity contribution in [3.63, 3.8) is 0 Å². The van der Waals surface area contributed by atoms with E-state index in [1.165, 1.54) is 16.3 Å². The zero-order chi connectivity index (χ0) is 26.8. The molecule has 2 unspecified atom stereocenters. The lowest BCUT2D eigenvalue weighted by Gasteiger charge is -2.43. The Morgan fingerprint density at radius 2 is 1.69 bits per heavy atom. The number of carbonyl (C=O) groups is 2. The third-order valence-corrected chi connectivity index (χ3v) is 8.95. The van der Waals surface area contributed by atoms with Crippen LogP contribution in [-0.4, -0.2) is 65.5 Å². The predicted molar refractivity (Wildman–Crippen MR) is 155 cm³/mol. The number of rotatable bonds is 6. The number of para-hydroxylation sites is 1. The molecule has 3 fully saturated rings. The number of benzene rings is 3. The van der Waals surface area contributed by atoms with Gasteiger partial charge in [-0.05, 0) is 67.0 Å². The van der Waals surface area contributed by atoms with E-state index in [2.05, 4.69) is 69.7 Å². The van der Waals surface area contributed by atoms with Gasteiger partial charge in [0.1, 0.15) is 12.1 Å². The highest BCUT2D eigenvalue weighted by molar-refractivity contribution is 5.96. The molecule has 39 heavy (non-hydrogen) atoms. The first-order chi connectivity index (χ1) is 19.0. The molecule has 6 rings (SSSR count). The van der Waals surface area contributed by atoms with Crippen LogP contribution in [0.3, 0.4) is 0 Å². The Morgan fingerprint density at radius 1 is 0.949 bits per heavy atom. The van der Waals surface area contributed by atoms with Crippen molar-refractivity contribution in [2.75, 3.05) is 31.2 Å². The number of hydrogen-bond acceptors (Lipinski definition) is 5. The Bertz CT molecular complexity index is 1320. The van der Waals surface area contributed by atoms with Gasteiger partial charge in [-0.25, -0.2) is 0 Å². The molecule has 3 N–H and O–H groups in total. The Kier molecular flexibility index (Phi) is 7.28. The second kappa shape index (κ2) is 11.0. The van der Waals surface area contributed by atoms with Gasteiger partial charge in [-0.2, -0.15) is 0 Å². The van der Waals surface area contributed by atoms with Gasteiger partial charge in [-0.3, -0.25) is 14.5 Å². The molecule has 1 saturated carbocycles. The minimum Gasteiger partial charge on any atom is -0.352 e. The summed E-state index contributed by atoms with van der Waals surface area (Å²) in [6.45, 7) is 3.06. The zero-order valence-corrected chi connectivity index (χ0v) is 22.6. The first-order valence-corrected chi connectivity index (χ1v) is 14.4. The molecule has 3 aromatic rings. The third kappa shape index (κ3) is 5.25. The van der Waals surface area contributed by atoms with E-state index >= 15 is 0 Å². The standard InChI is InChI=1S/C32H39N5O2/c33-26-11-7-12-27(20-26)34-30(38)22-36-23-37(28-13-2-1-3-14-28)32(31(36)39)16-18-35(19-17-32)21-25-10-6-9-24-8-4-5-15-29(24)25/h1-6,8-10,13-15,26-27H,7,11-12,16-23,33H2,(H,34,38). The first-order valence-electron chi connectivity index (χ1n) is 14.4. The molecule has 1 aliphatic carbocycles. The van der Waals surface area contributed by atoms with Crippen LogP contribution in [0.15, 0.2) is 72.8 Å². The molecule has 3 aliphatic rings. The van der Waals surface area contributed by atoms with Crippen molar-refractivity contribution in [1.29, 1.82) is 0 Å². The van der Waals surface area contributed by atoms with E-state index < -0.39 is 5.54 Å². The Hall–Kier alpha value is -3.42. The van der Waals surface area contributed by atoms with Crippen LogP contribution in [0.1, 0.15) is 44.1 Å². The van der Waals surface area contributed by atoms with Crippen LogP contribution in [0.4, 0.5) is 5.69 Å². The van der Waals surface area contributed by atoms with Gasteiger partial charge in [0.15, 0.2) is 0 Å². The Morgan fingerprint density at radius 3 is 2.49 bits per heavy atom. The molecule has 7 heteroatoms. The summed E-state index contributed by atoms with van der Waals surface area (Å²) in [6.07, 6.45) is 5.30. The molecule has 7 nitrogen and oxygen atoms in total. The van der Waals surface area contributed by atoms with Crippen LogP contribution >= 0.6 is 0 Å². The van der Waals surface area contributed by atoms with Crippen molar-refractivity contribution < 1.29 is 9.59 Å². The topological polar surface area (TPSA) is 81.9 Å². The van der Waals surface area contributed by atoms with Crippen molar-refractivity contribution in [3.8, 4) is 0 Å². The fourth-order valence-corrected chi connectivity index (χ4v) is 6.88. The van der Waals surface area contributed by atoms with Gasteiger partial charge in [0.05, 0.1) is 6.67 Å². The van der Waals surface area contributed by atoms with E-state index in [0.717, 1.165) is 63.8 Å². The summed E-state index contributed by atoms with van der Waals surface area (Å²) < 4.78 is 0. The fraction of sp³-hybridized carbons (Fsp3) is 0.438. The Labute approximate surface area is 230 Å². The smallest absolute Gasteiger partial charge is 0.250 e. The molecule has 2 aliphatic heterocycles. The number of piperidine rings is 1. The summed E-state index contributed by atoms with van der Waals surface area (Å²) >= 11 is 0. The van der Waals surface area contributed by atoms with Crippen molar-refractivity contribution in [3.05, 3.63) is 78.4 Å². The molecule has 2 heterocycles. The highest BCUT2D eigenvalue weighted by Gasteiger charge is 2.54. The highest BCUT2D eigenvalue weighted by atomic mass is 16.2. The molecular formula is C32H39N5O2. The van der Waals surface area contributed by atoms with Crippen LogP contribution in [0.2, 0.25) is 0 Å². The zero-order valence-electron chi connectivity index (χ0n) is 22.6. The van der Waals surface area contributed by atoms with Crippen molar-refractivity contribution in [2.45, 2.75) is 62.7 Å². The van der Waals surface area contributed by atoms with Crippen LogP contribution in [0, 0.1) is 0 Å². The number of nitrogens with zero attached hydrogens (tertiary/aromatic N) is 3. The molecule has 1 spiro atoms. The van der Waals surface area contributed by atoms with Crippen LogP contribution in [0.5, 0.6) is 0 Å². The van der Waals surface area contributed by atoms with Gasteiger partial charge in [0.25, 0.3) is 0 Å². The maximum atomic E-state index is 14.1. The van der Waals surface area contributed by atoms with Crippen LogP contribution < -0.4 is 16.0 Å². The quantitative estimate of drug-likeness (QED) is 0.511. The number of amides is 2. The van der Waals surface area contributed by atoms with E-state index in [9.17, 15) is 9.59 Å². The minimum atomic E-state index is -0.621. The summed E-state index contributed by atoms with van der Waals surface area (Å²) in [6, 6.07) is 25.5. The number of hydrogen-bond donors (Lipinski definition) is 2. The van der Waals surface area contributed by atoms with Gasteiger partial charge in [-0.15, -0.1) is 0 Å². The maximum absolute atomic E-state index is 14.1. The average Bonchev–Trinajstić information content (AvgIpc) is 3.21. The van der Waals surface area contributed by atoms with Crippen molar-refractivity contribution in [1.82, 2.24) is 15.1 Å². The van der Waals surface area contributed by atoms with Gasteiger partial charge in [0.2, 0.25) is 11.8 Å². The molecular weight excluding hydrogens is 486 g/mol. The van der Waals surface area contributed by atoms with Gasteiger partial charge < -0.3 is 20.9 Å². The normalized spacial score (nSPS) is 23.5. The summed E-state index contributed by atoms with van der Waals surface area (Å²) in [5, 5.41) is 5.70. The lowest BCUT2D eigenvalue weighted by atomic mass is 9.85. The fourth-order valence-electron chi connectivity index (χ4n) is 6.88. The van der Waals surface area contributed by atoms with Gasteiger partial charge in [-0.1, -0.05) is 60.7 Å². The molecule has 0 radical (unpaired) electrons. The summed E-state index contributed by atoms with van der Waals surface area (Å²) in [7, 11) is 0. The first kappa shape index (κ1) is 25.8. The van der Waals surface area contributed by atoms with Crippen molar-refractivity contribution >= 4 is 28.3 Å². The van der Waals surface area contributed by atoms with E-state index in [-0.39, 0.29) is 30.4 Å². The predicted octanol–water partition coefficient (Wildman–Crippen LogP) is 3.87. The maximum Gasteiger partial charge on any atom is 0.250 e. The third-order valence-electron chi connectivity index (χ3n) is 8.95. The largest absolute Gasteiger partial charge is 0.352 e. The SMILES string of the molecule is NC1CCCC(NC(=O)CN2CN(c3ccccc3)C3(CCN(Cc4cccc5ccccc45)CC3)C2=O)C1. The number of fused-ring (bicyclic) bond motifs is 1. The second-order valence-corrected chi connectivity index (χ2v) is 11.5. The number of anilines is 1. The van der Waals surface area contributed by atoms with Gasteiger partial charge in [0, 0.05) is 37.4 Å². The number of likely N-dealkylation sites (tertiary alicyclic amines) is 1. The molecule has 0 aromatic heterocycles. The minimum absolute atomic E-state index is 0.0756. The summed E-state index contributed by atoms with van der Waals surface area (Å²) in [4.78, 5) is 33.5. The van der Waals surface area contributed by atoms with E-state index in [1.54, 1.807) is 4.90 Å². The number of nitrogens with two attached hydrogens (primary N) is 1. The lowest BCUT2D eigenvalue weighted by molar-refractivity contribution is -0.137.